The monoisotopic (exact) mass is 229 g/mol. The molecule has 1 heterocycles. The fraction of sp³-hybridized carbons (Fsp3) is 1.00. The fourth-order valence-corrected chi connectivity index (χ4v) is 3.57. The molecule has 90 valence electrons. The first-order valence-electron chi connectivity index (χ1n) is 6.07. The number of hydrogen-bond acceptors (Lipinski definition) is 2. The van der Waals surface area contributed by atoms with Gasteiger partial charge in [0.1, 0.15) is 0 Å². The van der Waals surface area contributed by atoms with E-state index in [2.05, 4.69) is 46.1 Å². The molecule has 0 aromatic carbocycles. The lowest BCUT2D eigenvalue weighted by atomic mass is 9.95. The SMILES string of the molecule is CC1(O[Si](C)(C)C(C)(C)C)CCNCC1. The summed E-state index contributed by atoms with van der Waals surface area (Å²) < 4.78 is 6.53. The third-order valence-corrected chi connectivity index (χ3v) is 8.58. The first kappa shape index (κ1) is 13.2. The number of hydrogen-bond donors (Lipinski definition) is 1. The minimum atomic E-state index is -1.59. The van der Waals surface area contributed by atoms with Gasteiger partial charge in [-0.1, -0.05) is 20.8 Å². The molecule has 0 atom stereocenters. The van der Waals surface area contributed by atoms with Crippen molar-refractivity contribution in [1.29, 1.82) is 0 Å². The zero-order valence-corrected chi connectivity index (χ0v) is 12.2. The van der Waals surface area contributed by atoms with Crippen molar-refractivity contribution in [3.63, 3.8) is 0 Å². The summed E-state index contributed by atoms with van der Waals surface area (Å²) >= 11 is 0. The van der Waals surface area contributed by atoms with E-state index >= 15 is 0 Å². The van der Waals surface area contributed by atoms with Crippen molar-refractivity contribution in [2.75, 3.05) is 13.1 Å². The van der Waals surface area contributed by atoms with E-state index in [9.17, 15) is 0 Å². The average Bonchev–Trinajstić information content (AvgIpc) is 2.00. The van der Waals surface area contributed by atoms with Gasteiger partial charge in [0, 0.05) is 0 Å². The van der Waals surface area contributed by atoms with Crippen molar-refractivity contribution in [3.05, 3.63) is 0 Å². The van der Waals surface area contributed by atoms with Crippen molar-refractivity contribution in [1.82, 2.24) is 5.32 Å². The predicted octanol–water partition coefficient (Wildman–Crippen LogP) is 3.15. The van der Waals surface area contributed by atoms with Crippen molar-refractivity contribution >= 4 is 8.32 Å². The van der Waals surface area contributed by atoms with Crippen LogP contribution in [0.4, 0.5) is 0 Å². The molecule has 0 amide bonds. The van der Waals surface area contributed by atoms with Crippen LogP contribution in [0.5, 0.6) is 0 Å². The maximum absolute atomic E-state index is 6.53. The van der Waals surface area contributed by atoms with Gasteiger partial charge in [-0.25, -0.2) is 0 Å². The summed E-state index contributed by atoms with van der Waals surface area (Å²) in [6.45, 7) is 16.1. The first-order chi connectivity index (χ1) is 6.66. The van der Waals surface area contributed by atoms with Crippen LogP contribution in [0.2, 0.25) is 18.1 Å². The van der Waals surface area contributed by atoms with Crippen LogP contribution in [0.15, 0.2) is 0 Å². The smallest absolute Gasteiger partial charge is 0.192 e. The Labute approximate surface area is 95.9 Å². The molecule has 0 saturated carbocycles. The summed E-state index contributed by atoms with van der Waals surface area (Å²) in [7, 11) is -1.59. The molecule has 3 heteroatoms. The van der Waals surface area contributed by atoms with Crippen LogP contribution in [-0.2, 0) is 4.43 Å². The molecule has 0 spiro atoms. The molecule has 1 aliphatic heterocycles. The summed E-state index contributed by atoms with van der Waals surface area (Å²) in [5.41, 5.74) is 0.119. The summed E-state index contributed by atoms with van der Waals surface area (Å²) in [6, 6.07) is 0. The molecule has 0 radical (unpaired) electrons. The van der Waals surface area contributed by atoms with Gasteiger partial charge in [0.15, 0.2) is 8.32 Å². The van der Waals surface area contributed by atoms with E-state index in [1.165, 1.54) is 0 Å². The van der Waals surface area contributed by atoms with E-state index in [0.717, 1.165) is 25.9 Å². The Balaban J connectivity index is 2.67. The average molecular weight is 229 g/mol. The highest BCUT2D eigenvalue weighted by molar-refractivity contribution is 6.74. The molecule has 0 aromatic rings. The molecular formula is C12H27NOSi. The van der Waals surface area contributed by atoms with Crippen LogP contribution in [0.25, 0.3) is 0 Å². The van der Waals surface area contributed by atoms with Crippen LogP contribution in [0.3, 0.4) is 0 Å². The van der Waals surface area contributed by atoms with Crippen LogP contribution >= 0.6 is 0 Å². The largest absolute Gasteiger partial charge is 0.412 e. The van der Waals surface area contributed by atoms with Gasteiger partial charge in [0.25, 0.3) is 0 Å². The second-order valence-corrected chi connectivity index (χ2v) is 11.3. The summed E-state index contributed by atoms with van der Waals surface area (Å²) in [5.74, 6) is 0. The minimum Gasteiger partial charge on any atom is -0.412 e. The normalized spacial score (nSPS) is 22.8. The number of nitrogens with one attached hydrogen (secondary N) is 1. The molecule has 15 heavy (non-hydrogen) atoms. The molecule has 2 nitrogen and oxygen atoms in total. The quantitative estimate of drug-likeness (QED) is 0.735. The highest BCUT2D eigenvalue weighted by Gasteiger charge is 2.43. The van der Waals surface area contributed by atoms with Crippen molar-refractivity contribution in [3.8, 4) is 0 Å². The van der Waals surface area contributed by atoms with Gasteiger partial charge in [-0.3, -0.25) is 0 Å². The van der Waals surface area contributed by atoms with Gasteiger partial charge in [0.05, 0.1) is 5.60 Å². The first-order valence-corrected chi connectivity index (χ1v) is 8.98. The maximum atomic E-state index is 6.53. The maximum Gasteiger partial charge on any atom is 0.192 e. The van der Waals surface area contributed by atoms with Crippen LogP contribution < -0.4 is 5.32 Å². The minimum absolute atomic E-state index is 0.119. The van der Waals surface area contributed by atoms with E-state index in [4.69, 9.17) is 4.43 Å². The topological polar surface area (TPSA) is 21.3 Å². The molecule has 0 unspecified atom stereocenters. The highest BCUT2D eigenvalue weighted by atomic mass is 28.4. The van der Waals surface area contributed by atoms with Gasteiger partial charge in [0.2, 0.25) is 0 Å². The zero-order chi connectivity index (χ0) is 11.7. The van der Waals surface area contributed by atoms with Crippen molar-refractivity contribution < 1.29 is 4.43 Å². The van der Waals surface area contributed by atoms with E-state index in [1.54, 1.807) is 0 Å². The van der Waals surface area contributed by atoms with E-state index in [1.807, 2.05) is 0 Å². The zero-order valence-electron chi connectivity index (χ0n) is 11.2. The molecule has 0 bridgehead atoms. The summed E-state index contributed by atoms with van der Waals surface area (Å²) in [6.07, 6.45) is 2.30. The van der Waals surface area contributed by atoms with Gasteiger partial charge in [-0.05, 0) is 51.0 Å². The molecular weight excluding hydrogens is 202 g/mol. The third-order valence-electron chi connectivity index (χ3n) is 3.97. The molecule has 1 rings (SSSR count). The molecule has 1 N–H and O–H groups in total. The third kappa shape index (κ3) is 3.30. The summed E-state index contributed by atoms with van der Waals surface area (Å²) in [4.78, 5) is 0. The Morgan fingerprint density at radius 3 is 2.00 bits per heavy atom. The second-order valence-electron chi connectivity index (χ2n) is 6.56. The lowest BCUT2D eigenvalue weighted by Gasteiger charge is -2.46. The van der Waals surface area contributed by atoms with E-state index in [0.29, 0.717) is 5.04 Å². The van der Waals surface area contributed by atoms with Crippen LogP contribution in [0.1, 0.15) is 40.5 Å². The van der Waals surface area contributed by atoms with E-state index < -0.39 is 8.32 Å². The molecule has 0 aromatic heterocycles. The standard InChI is InChI=1S/C12H27NOSi/c1-11(2,3)15(5,6)14-12(4)7-9-13-10-8-12/h13H,7-10H2,1-6H3. The number of piperidine rings is 1. The molecule has 1 aliphatic rings. The Morgan fingerprint density at radius 1 is 1.13 bits per heavy atom. The molecule has 1 saturated heterocycles. The van der Waals surface area contributed by atoms with Crippen LogP contribution in [-0.4, -0.2) is 27.0 Å². The highest BCUT2D eigenvalue weighted by Crippen LogP contribution is 2.40. The number of rotatable bonds is 2. The Kier molecular flexibility index (Phi) is 3.69. The lowest BCUT2D eigenvalue weighted by molar-refractivity contribution is 0.0410. The molecule has 0 aliphatic carbocycles. The second kappa shape index (κ2) is 4.19. The van der Waals surface area contributed by atoms with Crippen molar-refractivity contribution in [2.45, 2.75) is 64.3 Å². The van der Waals surface area contributed by atoms with Crippen LogP contribution in [0, 0.1) is 0 Å². The van der Waals surface area contributed by atoms with E-state index in [-0.39, 0.29) is 5.60 Å². The lowest BCUT2D eigenvalue weighted by Crippen LogP contribution is -2.52. The van der Waals surface area contributed by atoms with Gasteiger partial charge < -0.3 is 9.74 Å². The fourth-order valence-electron chi connectivity index (χ4n) is 1.83. The van der Waals surface area contributed by atoms with Gasteiger partial charge >= 0.3 is 0 Å². The summed E-state index contributed by atoms with van der Waals surface area (Å²) in [5, 5.41) is 3.72. The van der Waals surface area contributed by atoms with Gasteiger partial charge in [-0.15, -0.1) is 0 Å². The molecule has 1 fully saturated rings. The van der Waals surface area contributed by atoms with Crippen molar-refractivity contribution in [2.24, 2.45) is 0 Å². The Hall–Kier alpha value is 0.137. The predicted molar refractivity (Wildman–Crippen MR) is 68.8 cm³/mol. The Morgan fingerprint density at radius 2 is 1.60 bits per heavy atom. The Bertz CT molecular complexity index is 214. The van der Waals surface area contributed by atoms with Gasteiger partial charge in [-0.2, -0.15) is 0 Å².